The number of nitrogens with zero attached hydrogens (tertiary/aromatic N) is 1. The second-order valence-electron chi connectivity index (χ2n) is 6.79. The molecular weight excluding hydrogens is 368 g/mol. The number of nitrogens with one attached hydrogen (secondary N) is 1. The minimum absolute atomic E-state index is 0.00826. The van der Waals surface area contributed by atoms with E-state index in [1.165, 1.54) is 11.3 Å². The van der Waals surface area contributed by atoms with Crippen molar-refractivity contribution >= 4 is 33.0 Å². The fraction of sp³-hybridized carbons (Fsp3) is 0.421. The van der Waals surface area contributed by atoms with E-state index in [-0.39, 0.29) is 22.9 Å². The van der Waals surface area contributed by atoms with E-state index < -0.39 is 10.0 Å². The second-order valence-corrected chi connectivity index (χ2v) is 9.67. The van der Waals surface area contributed by atoms with E-state index in [2.05, 4.69) is 5.32 Å². The molecule has 7 heteroatoms. The van der Waals surface area contributed by atoms with Gasteiger partial charge in [0.15, 0.2) is 0 Å². The van der Waals surface area contributed by atoms with Crippen LogP contribution in [0.1, 0.15) is 38.0 Å². The average Bonchev–Trinajstić information content (AvgIpc) is 3.07. The van der Waals surface area contributed by atoms with Crippen molar-refractivity contribution in [3.63, 3.8) is 0 Å². The Balaban J connectivity index is 1.71. The van der Waals surface area contributed by atoms with Crippen molar-refractivity contribution in [2.45, 2.75) is 56.5 Å². The maximum atomic E-state index is 13.0. The standard InChI is InChI=1S/C19H24N2O3S2/c1-14-5-3-6-15(2)21(14)26(23,24)18-10-8-16(9-11-18)20-19(22)13-17-7-4-12-25-17/h4,7-12,14-15H,3,5-6,13H2,1-2H3,(H,20,22). The lowest BCUT2D eigenvalue weighted by atomic mass is 10.0. The van der Waals surface area contributed by atoms with Gasteiger partial charge in [0, 0.05) is 22.6 Å². The number of sulfonamides is 1. The molecule has 2 heterocycles. The van der Waals surface area contributed by atoms with Crippen LogP contribution in [0.25, 0.3) is 0 Å². The molecule has 3 rings (SSSR count). The van der Waals surface area contributed by atoms with Crippen LogP contribution in [0.2, 0.25) is 0 Å². The third-order valence-corrected chi connectivity index (χ3v) is 7.76. The van der Waals surface area contributed by atoms with Gasteiger partial charge in [-0.05, 0) is 62.4 Å². The van der Waals surface area contributed by atoms with Crippen molar-refractivity contribution in [1.82, 2.24) is 4.31 Å². The fourth-order valence-electron chi connectivity index (χ4n) is 3.48. The summed E-state index contributed by atoms with van der Waals surface area (Å²) < 4.78 is 27.6. The molecule has 26 heavy (non-hydrogen) atoms. The maximum absolute atomic E-state index is 13.0. The molecule has 2 atom stereocenters. The highest BCUT2D eigenvalue weighted by Crippen LogP contribution is 2.30. The minimum atomic E-state index is -3.52. The van der Waals surface area contributed by atoms with Crippen LogP contribution in [0, 0.1) is 0 Å². The number of carbonyl (C=O) groups is 1. The zero-order valence-electron chi connectivity index (χ0n) is 15.0. The molecule has 5 nitrogen and oxygen atoms in total. The van der Waals surface area contributed by atoms with Crippen LogP contribution in [-0.2, 0) is 21.2 Å². The predicted octanol–water partition coefficient (Wildman–Crippen LogP) is 3.88. The van der Waals surface area contributed by atoms with Gasteiger partial charge in [-0.3, -0.25) is 4.79 Å². The summed E-state index contributed by atoms with van der Waals surface area (Å²) in [7, 11) is -3.52. The summed E-state index contributed by atoms with van der Waals surface area (Å²) in [4.78, 5) is 13.3. The van der Waals surface area contributed by atoms with E-state index in [1.807, 2.05) is 31.4 Å². The molecule has 1 N–H and O–H groups in total. The Bertz CT molecular complexity index is 835. The second kappa shape index (κ2) is 7.90. The molecule has 0 bridgehead atoms. The van der Waals surface area contributed by atoms with E-state index in [9.17, 15) is 13.2 Å². The van der Waals surface area contributed by atoms with Gasteiger partial charge in [0.2, 0.25) is 15.9 Å². The first-order valence-corrected chi connectivity index (χ1v) is 11.2. The van der Waals surface area contributed by atoms with Crippen molar-refractivity contribution < 1.29 is 13.2 Å². The van der Waals surface area contributed by atoms with E-state index in [0.717, 1.165) is 24.1 Å². The first kappa shape index (κ1) is 19.1. The molecule has 0 aliphatic carbocycles. The molecule has 1 fully saturated rings. The largest absolute Gasteiger partial charge is 0.326 e. The quantitative estimate of drug-likeness (QED) is 0.840. The van der Waals surface area contributed by atoms with Crippen molar-refractivity contribution in [3.05, 3.63) is 46.7 Å². The first-order valence-electron chi connectivity index (χ1n) is 8.84. The summed E-state index contributed by atoms with van der Waals surface area (Å²) in [6, 6.07) is 10.3. The van der Waals surface area contributed by atoms with Crippen LogP contribution in [0.3, 0.4) is 0 Å². The van der Waals surface area contributed by atoms with Crippen LogP contribution in [-0.4, -0.2) is 30.7 Å². The molecular formula is C19H24N2O3S2. The van der Waals surface area contributed by atoms with Crippen LogP contribution in [0.5, 0.6) is 0 Å². The number of thiophene rings is 1. The lowest BCUT2D eigenvalue weighted by molar-refractivity contribution is -0.115. The number of piperidine rings is 1. The summed E-state index contributed by atoms with van der Waals surface area (Å²) in [5.74, 6) is -0.110. The number of anilines is 1. The average molecular weight is 393 g/mol. The zero-order valence-corrected chi connectivity index (χ0v) is 16.6. The SMILES string of the molecule is CC1CCCC(C)N1S(=O)(=O)c1ccc(NC(=O)Cc2cccs2)cc1. The number of rotatable bonds is 5. The van der Waals surface area contributed by atoms with Gasteiger partial charge in [0.05, 0.1) is 11.3 Å². The molecule has 1 aromatic heterocycles. The highest BCUT2D eigenvalue weighted by atomic mass is 32.2. The number of hydrogen-bond acceptors (Lipinski definition) is 4. The monoisotopic (exact) mass is 392 g/mol. The van der Waals surface area contributed by atoms with Crippen molar-refractivity contribution in [2.24, 2.45) is 0 Å². The number of hydrogen-bond donors (Lipinski definition) is 1. The van der Waals surface area contributed by atoms with Crippen LogP contribution in [0.15, 0.2) is 46.7 Å². The Labute approximate surface area is 159 Å². The van der Waals surface area contributed by atoms with E-state index in [1.54, 1.807) is 28.6 Å². The number of benzene rings is 1. The van der Waals surface area contributed by atoms with E-state index in [0.29, 0.717) is 12.1 Å². The summed E-state index contributed by atoms with van der Waals surface area (Å²) in [5, 5.41) is 4.75. The van der Waals surface area contributed by atoms with Crippen molar-refractivity contribution in [1.29, 1.82) is 0 Å². The Kier molecular flexibility index (Phi) is 5.79. The molecule has 0 radical (unpaired) electrons. The van der Waals surface area contributed by atoms with Crippen LogP contribution in [0.4, 0.5) is 5.69 Å². The fourth-order valence-corrected chi connectivity index (χ4v) is 6.07. The van der Waals surface area contributed by atoms with Gasteiger partial charge in [-0.15, -0.1) is 11.3 Å². The van der Waals surface area contributed by atoms with Gasteiger partial charge < -0.3 is 5.32 Å². The van der Waals surface area contributed by atoms with Gasteiger partial charge in [-0.1, -0.05) is 12.5 Å². The third kappa shape index (κ3) is 4.16. The van der Waals surface area contributed by atoms with Gasteiger partial charge in [-0.2, -0.15) is 4.31 Å². The summed E-state index contributed by atoms with van der Waals surface area (Å²) >= 11 is 1.54. The molecule has 1 aliphatic heterocycles. The van der Waals surface area contributed by atoms with E-state index >= 15 is 0 Å². The maximum Gasteiger partial charge on any atom is 0.243 e. The highest BCUT2D eigenvalue weighted by molar-refractivity contribution is 7.89. The Morgan fingerprint density at radius 3 is 2.38 bits per heavy atom. The van der Waals surface area contributed by atoms with Gasteiger partial charge >= 0.3 is 0 Å². The topological polar surface area (TPSA) is 66.5 Å². The van der Waals surface area contributed by atoms with Crippen LogP contribution < -0.4 is 5.32 Å². The van der Waals surface area contributed by atoms with Crippen LogP contribution >= 0.6 is 11.3 Å². The Morgan fingerprint density at radius 1 is 1.15 bits per heavy atom. The lowest BCUT2D eigenvalue weighted by Crippen LogP contribution is -2.47. The number of carbonyl (C=O) groups excluding carboxylic acids is 1. The molecule has 1 aliphatic rings. The molecule has 1 saturated heterocycles. The summed E-state index contributed by atoms with van der Waals surface area (Å²) in [6.07, 6.45) is 3.16. The van der Waals surface area contributed by atoms with E-state index in [4.69, 9.17) is 0 Å². The van der Waals surface area contributed by atoms with Gasteiger partial charge in [0.1, 0.15) is 0 Å². The smallest absolute Gasteiger partial charge is 0.243 e. The van der Waals surface area contributed by atoms with Gasteiger partial charge in [0.25, 0.3) is 0 Å². The minimum Gasteiger partial charge on any atom is -0.326 e. The highest BCUT2D eigenvalue weighted by Gasteiger charge is 2.35. The number of amides is 1. The Hall–Kier alpha value is -1.70. The Morgan fingerprint density at radius 2 is 1.81 bits per heavy atom. The molecule has 0 spiro atoms. The summed E-state index contributed by atoms with van der Waals surface area (Å²) in [6.45, 7) is 3.93. The van der Waals surface area contributed by atoms with Gasteiger partial charge in [-0.25, -0.2) is 8.42 Å². The molecule has 0 saturated carbocycles. The molecule has 1 aromatic carbocycles. The third-order valence-electron chi connectivity index (χ3n) is 4.74. The first-order chi connectivity index (χ1) is 12.4. The molecule has 2 unspecified atom stereocenters. The molecule has 140 valence electrons. The lowest BCUT2D eigenvalue weighted by Gasteiger charge is -2.37. The molecule has 1 amide bonds. The van der Waals surface area contributed by atoms with Crippen molar-refractivity contribution in [2.75, 3.05) is 5.32 Å². The molecule has 2 aromatic rings. The zero-order chi connectivity index (χ0) is 18.7. The normalized spacial score (nSPS) is 21.5. The van der Waals surface area contributed by atoms with Crippen molar-refractivity contribution in [3.8, 4) is 0 Å². The predicted molar refractivity (Wildman–Crippen MR) is 105 cm³/mol. The summed E-state index contributed by atoms with van der Waals surface area (Å²) in [5.41, 5.74) is 0.602.